The third kappa shape index (κ3) is 3.16. The first kappa shape index (κ1) is 13.6. The number of halogens is 2. The van der Waals surface area contributed by atoms with Gasteiger partial charge in [0, 0.05) is 6.20 Å². The highest BCUT2D eigenvalue weighted by Gasteiger charge is 2.10. The molecule has 3 N–H and O–H groups in total. The first-order valence-corrected chi connectivity index (χ1v) is 6.21. The van der Waals surface area contributed by atoms with Gasteiger partial charge in [-0.3, -0.25) is 4.79 Å². The van der Waals surface area contributed by atoms with Crippen LogP contribution < -0.4 is 11.1 Å². The van der Waals surface area contributed by atoms with Crippen molar-refractivity contribution in [3.63, 3.8) is 0 Å². The van der Waals surface area contributed by atoms with E-state index in [9.17, 15) is 4.79 Å². The Morgan fingerprint density at radius 2 is 2.00 bits per heavy atom. The number of amides is 1. The summed E-state index contributed by atoms with van der Waals surface area (Å²) in [6.07, 6.45) is 1.36. The quantitative estimate of drug-likeness (QED) is 0.890. The summed E-state index contributed by atoms with van der Waals surface area (Å²) in [7, 11) is 0. The fourth-order valence-electron chi connectivity index (χ4n) is 1.49. The van der Waals surface area contributed by atoms with Gasteiger partial charge in [0.05, 0.1) is 21.3 Å². The topological polar surface area (TPSA) is 68.0 Å². The molecule has 2 aromatic rings. The van der Waals surface area contributed by atoms with E-state index in [1.54, 1.807) is 12.1 Å². The molecule has 0 atom stereocenters. The number of anilines is 2. The second-order valence-corrected chi connectivity index (χ2v) is 4.84. The van der Waals surface area contributed by atoms with Crippen LogP contribution in [0.4, 0.5) is 11.5 Å². The maximum Gasteiger partial charge on any atom is 0.257 e. The van der Waals surface area contributed by atoms with Gasteiger partial charge < -0.3 is 11.1 Å². The standard InChI is InChI=1S/C13H11Cl2N3O/c1-7-2-3-11(9(14)4-7)18-13(19)8-5-10(15)12(16)17-6-8/h2-6H,1H3,(H2,16,17)(H,18,19). The van der Waals surface area contributed by atoms with Gasteiger partial charge in [-0.25, -0.2) is 4.98 Å². The van der Waals surface area contributed by atoms with Crippen molar-refractivity contribution in [1.82, 2.24) is 4.98 Å². The molecule has 0 spiro atoms. The molecule has 1 heterocycles. The highest BCUT2D eigenvalue weighted by molar-refractivity contribution is 6.34. The third-order valence-electron chi connectivity index (χ3n) is 2.50. The van der Waals surface area contributed by atoms with Crippen molar-refractivity contribution < 1.29 is 4.79 Å². The van der Waals surface area contributed by atoms with Crippen LogP contribution in [-0.2, 0) is 0 Å². The van der Waals surface area contributed by atoms with Gasteiger partial charge in [0.1, 0.15) is 5.82 Å². The van der Waals surface area contributed by atoms with E-state index in [0.29, 0.717) is 16.3 Å². The number of aromatic nitrogens is 1. The number of aryl methyl sites for hydroxylation is 1. The monoisotopic (exact) mass is 295 g/mol. The molecule has 98 valence electrons. The molecule has 1 aromatic carbocycles. The van der Waals surface area contributed by atoms with Crippen LogP contribution in [0.15, 0.2) is 30.5 Å². The van der Waals surface area contributed by atoms with E-state index in [4.69, 9.17) is 28.9 Å². The zero-order valence-electron chi connectivity index (χ0n) is 10.1. The lowest BCUT2D eigenvalue weighted by Crippen LogP contribution is -2.13. The van der Waals surface area contributed by atoms with Crippen LogP contribution in [-0.4, -0.2) is 10.9 Å². The number of hydrogen-bond donors (Lipinski definition) is 2. The molecule has 0 aliphatic rings. The third-order valence-corrected chi connectivity index (χ3v) is 3.12. The fraction of sp³-hybridized carbons (Fsp3) is 0.0769. The molecular weight excluding hydrogens is 285 g/mol. The summed E-state index contributed by atoms with van der Waals surface area (Å²) in [5, 5.41) is 3.40. The highest BCUT2D eigenvalue weighted by atomic mass is 35.5. The van der Waals surface area contributed by atoms with Gasteiger partial charge in [0.15, 0.2) is 0 Å². The van der Waals surface area contributed by atoms with Crippen LogP contribution in [0, 0.1) is 6.92 Å². The van der Waals surface area contributed by atoms with Crippen molar-refractivity contribution in [3.8, 4) is 0 Å². The molecule has 0 unspecified atom stereocenters. The number of nitrogens with zero attached hydrogens (tertiary/aromatic N) is 1. The molecule has 0 radical (unpaired) electrons. The number of benzene rings is 1. The minimum atomic E-state index is -0.347. The maximum absolute atomic E-state index is 12.0. The lowest BCUT2D eigenvalue weighted by atomic mass is 10.2. The first-order chi connectivity index (χ1) is 8.97. The molecule has 0 aliphatic heterocycles. The largest absolute Gasteiger partial charge is 0.382 e. The van der Waals surface area contributed by atoms with Gasteiger partial charge in [0.2, 0.25) is 0 Å². The lowest BCUT2D eigenvalue weighted by Gasteiger charge is -2.08. The van der Waals surface area contributed by atoms with Gasteiger partial charge in [0.25, 0.3) is 5.91 Å². The van der Waals surface area contributed by atoms with E-state index in [2.05, 4.69) is 10.3 Å². The van der Waals surface area contributed by atoms with Crippen LogP contribution in [0.5, 0.6) is 0 Å². The average Bonchev–Trinajstić information content (AvgIpc) is 2.36. The molecule has 1 aromatic heterocycles. The summed E-state index contributed by atoms with van der Waals surface area (Å²) in [5.41, 5.74) is 7.35. The van der Waals surface area contributed by atoms with E-state index in [0.717, 1.165) is 5.56 Å². The predicted molar refractivity (Wildman–Crippen MR) is 77.8 cm³/mol. The summed E-state index contributed by atoms with van der Waals surface area (Å²) < 4.78 is 0. The van der Waals surface area contributed by atoms with E-state index < -0.39 is 0 Å². The zero-order valence-corrected chi connectivity index (χ0v) is 11.6. The number of hydrogen-bond acceptors (Lipinski definition) is 3. The Kier molecular flexibility index (Phi) is 3.93. The van der Waals surface area contributed by atoms with Crippen LogP contribution >= 0.6 is 23.2 Å². The Hall–Kier alpha value is -1.78. The molecular formula is C13H11Cl2N3O. The van der Waals surface area contributed by atoms with Crippen molar-refractivity contribution in [1.29, 1.82) is 0 Å². The number of rotatable bonds is 2. The van der Waals surface area contributed by atoms with Crippen molar-refractivity contribution in [2.45, 2.75) is 6.92 Å². The van der Waals surface area contributed by atoms with Gasteiger partial charge >= 0.3 is 0 Å². The molecule has 1 amide bonds. The molecule has 0 fully saturated rings. The molecule has 2 rings (SSSR count). The number of pyridine rings is 1. The second kappa shape index (κ2) is 5.47. The number of carbonyl (C=O) groups excluding carboxylic acids is 1. The van der Waals surface area contributed by atoms with E-state index in [-0.39, 0.29) is 16.7 Å². The molecule has 0 saturated heterocycles. The summed E-state index contributed by atoms with van der Waals surface area (Å²) in [5.74, 6) is -0.160. The van der Waals surface area contributed by atoms with Gasteiger partial charge in [-0.15, -0.1) is 0 Å². The summed E-state index contributed by atoms with van der Waals surface area (Å²) in [4.78, 5) is 15.8. The minimum absolute atomic E-state index is 0.187. The van der Waals surface area contributed by atoms with E-state index in [1.807, 2.05) is 13.0 Å². The number of carbonyl (C=O) groups is 1. The molecule has 0 saturated carbocycles. The highest BCUT2D eigenvalue weighted by Crippen LogP contribution is 2.24. The van der Waals surface area contributed by atoms with Crippen LogP contribution in [0.1, 0.15) is 15.9 Å². The number of nitrogens with one attached hydrogen (secondary N) is 1. The normalized spacial score (nSPS) is 10.3. The Labute approximate surface area is 120 Å². The number of nitrogens with two attached hydrogens (primary N) is 1. The van der Waals surface area contributed by atoms with E-state index >= 15 is 0 Å². The summed E-state index contributed by atoms with van der Waals surface area (Å²) in [6, 6.07) is 6.82. The Morgan fingerprint density at radius 1 is 1.26 bits per heavy atom. The fourth-order valence-corrected chi connectivity index (χ4v) is 1.94. The second-order valence-electron chi connectivity index (χ2n) is 4.03. The molecule has 19 heavy (non-hydrogen) atoms. The maximum atomic E-state index is 12.0. The SMILES string of the molecule is Cc1ccc(NC(=O)c2cnc(N)c(Cl)c2)c(Cl)c1. The molecule has 0 bridgehead atoms. The van der Waals surface area contributed by atoms with Crippen LogP contribution in [0.25, 0.3) is 0 Å². The van der Waals surface area contributed by atoms with Crippen LogP contribution in [0.3, 0.4) is 0 Å². The molecule has 4 nitrogen and oxygen atoms in total. The lowest BCUT2D eigenvalue weighted by molar-refractivity contribution is 0.102. The van der Waals surface area contributed by atoms with Crippen molar-refractivity contribution in [2.75, 3.05) is 11.1 Å². The van der Waals surface area contributed by atoms with Crippen molar-refractivity contribution in [3.05, 3.63) is 51.6 Å². The summed E-state index contributed by atoms with van der Waals surface area (Å²) >= 11 is 11.9. The average molecular weight is 296 g/mol. The Morgan fingerprint density at radius 3 is 2.63 bits per heavy atom. The van der Waals surface area contributed by atoms with Gasteiger partial charge in [-0.05, 0) is 30.7 Å². The van der Waals surface area contributed by atoms with Crippen molar-refractivity contribution >= 4 is 40.6 Å². The predicted octanol–water partition coefficient (Wildman–Crippen LogP) is 3.53. The Bertz CT molecular complexity index is 644. The number of nitrogen functional groups attached to an aromatic ring is 1. The van der Waals surface area contributed by atoms with Crippen LogP contribution in [0.2, 0.25) is 10.0 Å². The van der Waals surface area contributed by atoms with Gasteiger partial charge in [-0.1, -0.05) is 29.3 Å². The minimum Gasteiger partial charge on any atom is -0.382 e. The smallest absolute Gasteiger partial charge is 0.257 e. The first-order valence-electron chi connectivity index (χ1n) is 5.46. The molecule has 0 aliphatic carbocycles. The van der Waals surface area contributed by atoms with E-state index in [1.165, 1.54) is 12.3 Å². The molecule has 6 heteroatoms. The summed E-state index contributed by atoms with van der Waals surface area (Å²) in [6.45, 7) is 1.92. The Balaban J connectivity index is 2.23. The van der Waals surface area contributed by atoms with Gasteiger partial charge in [-0.2, -0.15) is 0 Å². The van der Waals surface area contributed by atoms with Crippen molar-refractivity contribution in [2.24, 2.45) is 0 Å². The zero-order chi connectivity index (χ0) is 14.0.